The number of aromatic nitrogens is 1. The molecule has 6 nitrogen and oxygen atoms in total. The van der Waals surface area contributed by atoms with Gasteiger partial charge in [-0.3, -0.25) is 9.78 Å². The first-order valence-electron chi connectivity index (χ1n) is 8.69. The molecule has 1 aromatic rings. The van der Waals surface area contributed by atoms with E-state index in [1.165, 1.54) is 0 Å². The monoisotopic (exact) mass is 351 g/mol. The fraction of sp³-hybridized carbons (Fsp3) is 0.647. The molecule has 1 saturated carbocycles. The summed E-state index contributed by atoms with van der Waals surface area (Å²) in [7, 11) is -3.38. The van der Waals surface area contributed by atoms with Gasteiger partial charge >= 0.3 is 0 Å². The lowest BCUT2D eigenvalue weighted by molar-refractivity contribution is 0.0726. The fourth-order valence-electron chi connectivity index (χ4n) is 3.53. The summed E-state index contributed by atoms with van der Waals surface area (Å²) in [6.07, 6.45) is 6.89. The maximum Gasteiger partial charge on any atom is 0.255 e. The highest BCUT2D eigenvalue weighted by Gasteiger charge is 2.34. The lowest BCUT2D eigenvalue weighted by Crippen LogP contribution is -2.49. The Bertz CT molecular complexity index is 682. The minimum atomic E-state index is -3.38. The lowest BCUT2D eigenvalue weighted by atomic mass is 10.1. The Labute approximate surface area is 143 Å². The second-order valence-corrected chi connectivity index (χ2v) is 8.84. The molecule has 0 spiro atoms. The molecule has 1 aliphatic carbocycles. The molecule has 0 aromatic carbocycles. The first-order valence-corrected chi connectivity index (χ1v) is 10.2. The summed E-state index contributed by atoms with van der Waals surface area (Å²) in [6.45, 7) is 2.73. The molecule has 0 radical (unpaired) electrons. The molecule has 2 heterocycles. The smallest absolute Gasteiger partial charge is 0.255 e. The summed E-state index contributed by atoms with van der Waals surface area (Å²) in [4.78, 5) is 18.4. The van der Waals surface area contributed by atoms with Crippen LogP contribution in [0.25, 0.3) is 0 Å². The van der Waals surface area contributed by atoms with Crippen LogP contribution >= 0.6 is 0 Å². The Morgan fingerprint density at radius 3 is 2.62 bits per heavy atom. The van der Waals surface area contributed by atoms with Crippen LogP contribution in [0.15, 0.2) is 18.3 Å². The minimum Gasteiger partial charge on any atom is -0.337 e. The summed E-state index contributed by atoms with van der Waals surface area (Å²) < 4.78 is 28.1. The van der Waals surface area contributed by atoms with Gasteiger partial charge in [0.25, 0.3) is 5.91 Å². The van der Waals surface area contributed by atoms with E-state index in [0.717, 1.165) is 31.4 Å². The van der Waals surface area contributed by atoms with Crippen LogP contribution in [0.4, 0.5) is 0 Å². The number of nitrogens with one attached hydrogen (secondary N) is 1. The van der Waals surface area contributed by atoms with Crippen molar-refractivity contribution in [3.8, 4) is 0 Å². The summed E-state index contributed by atoms with van der Waals surface area (Å²) in [5.74, 6) is -0.136. The average molecular weight is 351 g/mol. The molecule has 1 saturated heterocycles. The van der Waals surface area contributed by atoms with Crippen molar-refractivity contribution >= 4 is 15.9 Å². The number of piperidine rings is 1. The zero-order chi connectivity index (χ0) is 17.2. The Balaban J connectivity index is 1.67. The zero-order valence-electron chi connectivity index (χ0n) is 14.1. The van der Waals surface area contributed by atoms with Crippen LogP contribution in [0.1, 0.15) is 54.6 Å². The van der Waals surface area contributed by atoms with E-state index < -0.39 is 15.3 Å². The van der Waals surface area contributed by atoms with Crippen LogP contribution in [-0.4, -0.2) is 48.6 Å². The zero-order valence-corrected chi connectivity index (χ0v) is 14.9. The number of sulfonamides is 1. The first-order chi connectivity index (χ1) is 11.5. The SMILES string of the molecule is Cc1ccc(C(=O)N2CCC[C@@H](S(=O)(=O)NC3CCCC3)C2)cn1. The summed E-state index contributed by atoms with van der Waals surface area (Å²) >= 11 is 0. The average Bonchev–Trinajstić information content (AvgIpc) is 3.07. The second-order valence-electron chi connectivity index (χ2n) is 6.85. The van der Waals surface area contributed by atoms with Gasteiger partial charge in [0.15, 0.2) is 0 Å². The molecule has 132 valence electrons. The third-order valence-electron chi connectivity index (χ3n) is 4.95. The number of carbonyl (C=O) groups excluding carboxylic acids is 1. The van der Waals surface area contributed by atoms with E-state index in [2.05, 4.69) is 9.71 Å². The predicted molar refractivity (Wildman–Crippen MR) is 92.2 cm³/mol. The van der Waals surface area contributed by atoms with Crippen molar-refractivity contribution < 1.29 is 13.2 Å². The van der Waals surface area contributed by atoms with Gasteiger partial charge in [0.05, 0.1) is 10.8 Å². The van der Waals surface area contributed by atoms with Gasteiger partial charge in [0.1, 0.15) is 0 Å². The Kier molecular flexibility index (Phi) is 5.20. The highest BCUT2D eigenvalue weighted by molar-refractivity contribution is 7.90. The molecule has 0 bridgehead atoms. The molecule has 24 heavy (non-hydrogen) atoms. The molecule has 7 heteroatoms. The molecule has 1 N–H and O–H groups in total. The van der Waals surface area contributed by atoms with E-state index in [-0.39, 0.29) is 18.5 Å². The van der Waals surface area contributed by atoms with E-state index in [1.807, 2.05) is 6.92 Å². The number of nitrogens with zero attached hydrogens (tertiary/aromatic N) is 2. The number of pyridine rings is 1. The normalized spacial score (nSPS) is 22.7. The Morgan fingerprint density at radius 1 is 1.21 bits per heavy atom. The number of hydrogen-bond donors (Lipinski definition) is 1. The molecule has 1 atom stereocenters. The molecule has 1 amide bonds. The third-order valence-corrected chi connectivity index (χ3v) is 6.87. The van der Waals surface area contributed by atoms with Crippen LogP contribution in [0, 0.1) is 6.92 Å². The maximum absolute atomic E-state index is 12.6. The van der Waals surface area contributed by atoms with Crippen LogP contribution < -0.4 is 4.72 Å². The Hall–Kier alpha value is -1.47. The minimum absolute atomic E-state index is 0.0716. The van der Waals surface area contributed by atoms with E-state index in [0.29, 0.717) is 24.9 Å². The number of likely N-dealkylation sites (tertiary alicyclic amines) is 1. The number of hydrogen-bond acceptors (Lipinski definition) is 4. The molecule has 0 unspecified atom stereocenters. The summed E-state index contributed by atoms with van der Waals surface area (Å²) in [5, 5.41) is -0.519. The quantitative estimate of drug-likeness (QED) is 0.898. The van der Waals surface area contributed by atoms with Gasteiger partial charge in [-0.1, -0.05) is 12.8 Å². The lowest BCUT2D eigenvalue weighted by Gasteiger charge is -2.33. The van der Waals surface area contributed by atoms with E-state index >= 15 is 0 Å². The molecule has 1 aliphatic heterocycles. The van der Waals surface area contributed by atoms with Gasteiger partial charge in [-0.2, -0.15) is 0 Å². The van der Waals surface area contributed by atoms with Crippen molar-refractivity contribution in [3.63, 3.8) is 0 Å². The first kappa shape index (κ1) is 17.4. The molecular formula is C17H25N3O3S. The van der Waals surface area contributed by atoms with Crippen LogP contribution in [0.2, 0.25) is 0 Å². The van der Waals surface area contributed by atoms with Crippen molar-refractivity contribution in [3.05, 3.63) is 29.6 Å². The number of carbonyl (C=O) groups is 1. The van der Waals surface area contributed by atoms with Crippen molar-refractivity contribution in [2.45, 2.75) is 56.7 Å². The predicted octanol–water partition coefficient (Wildman–Crippen LogP) is 1.86. The molecular weight excluding hydrogens is 326 g/mol. The fourth-order valence-corrected chi connectivity index (χ4v) is 5.27. The van der Waals surface area contributed by atoms with E-state index in [9.17, 15) is 13.2 Å². The summed E-state index contributed by atoms with van der Waals surface area (Å²) in [6, 6.07) is 3.62. The standard InChI is InChI=1S/C17H25N3O3S/c1-13-8-9-14(11-18-13)17(21)20-10-4-7-16(12-20)24(22,23)19-15-5-2-3-6-15/h8-9,11,15-16,19H,2-7,10,12H2,1H3/t16-/m1/s1. The second kappa shape index (κ2) is 7.19. The highest BCUT2D eigenvalue weighted by Crippen LogP contribution is 2.23. The van der Waals surface area contributed by atoms with Crippen LogP contribution in [0.5, 0.6) is 0 Å². The third kappa shape index (κ3) is 3.95. The number of rotatable bonds is 4. The van der Waals surface area contributed by atoms with Crippen molar-refractivity contribution in [1.82, 2.24) is 14.6 Å². The largest absolute Gasteiger partial charge is 0.337 e. The molecule has 2 fully saturated rings. The van der Waals surface area contributed by atoms with Gasteiger partial charge in [0.2, 0.25) is 10.0 Å². The van der Waals surface area contributed by atoms with Crippen molar-refractivity contribution in [1.29, 1.82) is 0 Å². The molecule has 3 rings (SSSR count). The van der Waals surface area contributed by atoms with Gasteiger partial charge in [-0.15, -0.1) is 0 Å². The topological polar surface area (TPSA) is 79.4 Å². The number of aryl methyl sites for hydroxylation is 1. The van der Waals surface area contributed by atoms with Crippen LogP contribution in [-0.2, 0) is 10.0 Å². The van der Waals surface area contributed by atoms with Crippen molar-refractivity contribution in [2.75, 3.05) is 13.1 Å². The number of amides is 1. The Morgan fingerprint density at radius 2 is 1.96 bits per heavy atom. The van der Waals surface area contributed by atoms with E-state index in [4.69, 9.17) is 0 Å². The van der Waals surface area contributed by atoms with Gasteiger partial charge in [0, 0.05) is 31.0 Å². The van der Waals surface area contributed by atoms with Gasteiger partial charge < -0.3 is 4.90 Å². The molecule has 2 aliphatic rings. The van der Waals surface area contributed by atoms with Gasteiger partial charge in [-0.05, 0) is 44.7 Å². The maximum atomic E-state index is 12.6. The van der Waals surface area contributed by atoms with Crippen molar-refractivity contribution in [2.24, 2.45) is 0 Å². The van der Waals surface area contributed by atoms with E-state index in [1.54, 1.807) is 23.2 Å². The highest BCUT2D eigenvalue weighted by atomic mass is 32.2. The summed E-state index contributed by atoms with van der Waals surface area (Å²) in [5.41, 5.74) is 1.37. The molecule has 1 aromatic heterocycles. The van der Waals surface area contributed by atoms with Crippen LogP contribution in [0.3, 0.4) is 0 Å². The van der Waals surface area contributed by atoms with Gasteiger partial charge in [-0.25, -0.2) is 13.1 Å².